The molecule has 0 radical (unpaired) electrons. The van der Waals surface area contributed by atoms with E-state index in [1.165, 1.54) is 6.07 Å². The number of halogens is 1. The third-order valence-electron chi connectivity index (χ3n) is 3.47. The zero-order valence-corrected chi connectivity index (χ0v) is 13.7. The average Bonchev–Trinajstić information content (AvgIpc) is 2.97. The van der Waals surface area contributed by atoms with Crippen molar-refractivity contribution in [1.82, 2.24) is 10.3 Å². The van der Waals surface area contributed by atoms with Gasteiger partial charge in [-0.1, -0.05) is 12.1 Å². The van der Waals surface area contributed by atoms with E-state index in [9.17, 15) is 9.18 Å². The van der Waals surface area contributed by atoms with Crippen molar-refractivity contribution in [2.45, 2.75) is 26.2 Å². The van der Waals surface area contributed by atoms with Gasteiger partial charge in [-0.25, -0.2) is 9.37 Å². The fourth-order valence-corrected chi connectivity index (χ4v) is 3.54. The van der Waals surface area contributed by atoms with E-state index in [2.05, 4.69) is 10.3 Å². The van der Waals surface area contributed by atoms with Gasteiger partial charge in [0.25, 0.3) is 5.91 Å². The summed E-state index contributed by atoms with van der Waals surface area (Å²) in [6.45, 7) is 4.60. The fourth-order valence-electron chi connectivity index (χ4n) is 2.51. The lowest BCUT2D eigenvalue weighted by Gasteiger charge is -2.30. The molecule has 122 valence electrons. The Morgan fingerprint density at radius 2 is 2.00 bits per heavy atom. The molecule has 0 aliphatic carbocycles. The molecule has 0 saturated heterocycles. The summed E-state index contributed by atoms with van der Waals surface area (Å²) in [5, 5.41) is 3.24. The molecule has 2 heterocycles. The molecule has 2 unspecified atom stereocenters. The van der Waals surface area contributed by atoms with Gasteiger partial charge < -0.3 is 14.8 Å². The molecule has 1 N–H and O–H groups in total. The molecule has 1 aromatic heterocycles. The molecule has 2 atom stereocenters. The predicted molar refractivity (Wildman–Crippen MR) is 84.8 cm³/mol. The number of hydrogen-bond acceptors (Lipinski definition) is 5. The highest BCUT2D eigenvalue weighted by Crippen LogP contribution is 2.37. The number of nitrogens with zero attached hydrogens (tertiary/aromatic N) is 1. The van der Waals surface area contributed by atoms with Gasteiger partial charge in [-0.05, 0) is 26.0 Å². The minimum Gasteiger partial charge on any atom is -0.367 e. The van der Waals surface area contributed by atoms with E-state index < -0.39 is 12.3 Å². The number of nitrogens with one attached hydrogen (secondary N) is 1. The molecule has 2 aromatic rings. The minimum atomic E-state index is -0.587. The second kappa shape index (κ2) is 6.74. The minimum absolute atomic E-state index is 0.269. The van der Waals surface area contributed by atoms with Crippen LogP contribution in [0.15, 0.2) is 24.3 Å². The molecule has 23 heavy (non-hydrogen) atoms. The Balaban J connectivity index is 2.05. The molecule has 5 nitrogen and oxygen atoms in total. The van der Waals surface area contributed by atoms with E-state index in [0.29, 0.717) is 34.4 Å². The van der Waals surface area contributed by atoms with Crippen molar-refractivity contribution < 1.29 is 18.7 Å². The van der Waals surface area contributed by atoms with Gasteiger partial charge in [-0.3, -0.25) is 4.79 Å². The summed E-state index contributed by atoms with van der Waals surface area (Å²) in [4.78, 5) is 17.2. The molecule has 7 heteroatoms. The molecule has 1 amide bonds. The normalized spacial score (nSPS) is 20.2. The number of thiazole rings is 1. The monoisotopic (exact) mass is 336 g/mol. The molecule has 0 spiro atoms. The van der Waals surface area contributed by atoms with Crippen LogP contribution in [0.2, 0.25) is 0 Å². The quantitative estimate of drug-likeness (QED) is 0.911. The number of aromatic nitrogens is 1. The predicted octanol–water partition coefficient (Wildman–Crippen LogP) is 3.13. The van der Waals surface area contributed by atoms with Crippen molar-refractivity contribution in [3.8, 4) is 10.6 Å². The Labute approximate surface area is 137 Å². The number of benzene rings is 1. The zero-order chi connectivity index (χ0) is 16.4. The highest BCUT2D eigenvalue weighted by Gasteiger charge is 2.38. The van der Waals surface area contributed by atoms with Crippen molar-refractivity contribution in [2.24, 2.45) is 0 Å². The Morgan fingerprint density at radius 3 is 2.70 bits per heavy atom. The van der Waals surface area contributed by atoms with Gasteiger partial charge in [0.2, 0.25) is 0 Å². The lowest BCUT2D eigenvalue weighted by atomic mass is 10.1. The van der Waals surface area contributed by atoms with Crippen LogP contribution in [0.5, 0.6) is 0 Å². The molecule has 1 aliphatic rings. The number of hydrogen-bond donors (Lipinski definition) is 1. The lowest BCUT2D eigenvalue weighted by molar-refractivity contribution is -0.0851. The Bertz CT molecular complexity index is 719. The van der Waals surface area contributed by atoms with Crippen molar-refractivity contribution in [2.75, 3.05) is 13.2 Å². The Morgan fingerprint density at radius 1 is 1.26 bits per heavy atom. The molecule has 3 rings (SSSR count). The van der Waals surface area contributed by atoms with Gasteiger partial charge in [0.1, 0.15) is 21.8 Å². The van der Waals surface area contributed by atoms with Gasteiger partial charge in [0, 0.05) is 18.8 Å². The first-order valence-corrected chi connectivity index (χ1v) is 8.27. The summed E-state index contributed by atoms with van der Waals surface area (Å²) in [5.41, 5.74) is 0.889. The maximum absolute atomic E-state index is 14.0. The van der Waals surface area contributed by atoms with E-state index in [0.717, 1.165) is 11.3 Å². The summed E-state index contributed by atoms with van der Waals surface area (Å²) >= 11 is 1.16. The van der Waals surface area contributed by atoms with Crippen LogP contribution in [0, 0.1) is 5.82 Å². The summed E-state index contributed by atoms with van der Waals surface area (Å²) in [6.07, 6.45) is -1.08. The van der Waals surface area contributed by atoms with Crippen LogP contribution in [0.4, 0.5) is 4.39 Å². The number of carbonyl (C=O) groups excluding carboxylic acids is 1. The van der Waals surface area contributed by atoms with Crippen molar-refractivity contribution >= 4 is 17.2 Å². The second-order valence-electron chi connectivity index (χ2n) is 4.94. The zero-order valence-electron chi connectivity index (χ0n) is 12.8. The maximum atomic E-state index is 14.0. The first-order chi connectivity index (χ1) is 11.2. The van der Waals surface area contributed by atoms with Crippen LogP contribution in [0.25, 0.3) is 10.6 Å². The highest BCUT2D eigenvalue weighted by atomic mass is 32.1. The lowest BCUT2D eigenvalue weighted by Crippen LogP contribution is -2.46. The fraction of sp³-hybridized carbons (Fsp3) is 0.375. The van der Waals surface area contributed by atoms with Crippen LogP contribution in [-0.2, 0) is 9.47 Å². The first kappa shape index (κ1) is 16.0. The molecule has 1 aromatic carbocycles. The SMILES string of the molecule is CCOC1NC(=O)c2sc(-c3ccccc3F)nc2C1OCC. The number of rotatable bonds is 5. The van der Waals surface area contributed by atoms with Crippen LogP contribution in [0.1, 0.15) is 35.3 Å². The molecule has 0 fully saturated rings. The van der Waals surface area contributed by atoms with E-state index in [-0.39, 0.29) is 11.7 Å². The maximum Gasteiger partial charge on any atom is 0.265 e. The van der Waals surface area contributed by atoms with Crippen LogP contribution < -0.4 is 5.32 Å². The van der Waals surface area contributed by atoms with Crippen LogP contribution in [-0.4, -0.2) is 30.3 Å². The third kappa shape index (κ3) is 2.99. The topological polar surface area (TPSA) is 60.5 Å². The number of amides is 1. The smallest absolute Gasteiger partial charge is 0.265 e. The summed E-state index contributed by atoms with van der Waals surface area (Å²) in [6, 6.07) is 6.38. The molecular formula is C16H17FN2O3S. The third-order valence-corrected chi connectivity index (χ3v) is 4.58. The van der Waals surface area contributed by atoms with Crippen LogP contribution >= 0.6 is 11.3 Å². The van der Waals surface area contributed by atoms with Gasteiger partial charge in [0.15, 0.2) is 6.23 Å². The average molecular weight is 336 g/mol. The van der Waals surface area contributed by atoms with Crippen LogP contribution in [0.3, 0.4) is 0 Å². The standard InChI is InChI=1S/C16H17FN2O3S/c1-3-21-12-11-13(14(20)19-15(12)22-4-2)23-16(18-11)9-7-5-6-8-10(9)17/h5-8,12,15H,3-4H2,1-2H3,(H,19,20). The highest BCUT2D eigenvalue weighted by molar-refractivity contribution is 7.17. The summed E-state index contributed by atoms with van der Waals surface area (Å²) in [7, 11) is 0. The number of carbonyl (C=O) groups is 1. The van der Waals surface area contributed by atoms with Gasteiger partial charge >= 0.3 is 0 Å². The van der Waals surface area contributed by atoms with Crippen molar-refractivity contribution in [3.05, 3.63) is 40.7 Å². The second-order valence-corrected chi connectivity index (χ2v) is 5.94. The largest absolute Gasteiger partial charge is 0.367 e. The molecule has 0 saturated carbocycles. The molecule has 0 bridgehead atoms. The Kier molecular flexibility index (Phi) is 4.70. The number of ether oxygens (including phenoxy) is 2. The van der Waals surface area contributed by atoms with Gasteiger partial charge in [-0.2, -0.15) is 0 Å². The first-order valence-electron chi connectivity index (χ1n) is 7.45. The molecular weight excluding hydrogens is 319 g/mol. The van der Waals surface area contributed by atoms with E-state index in [1.54, 1.807) is 18.2 Å². The van der Waals surface area contributed by atoms with Gasteiger partial charge in [0.05, 0.1) is 5.69 Å². The van der Waals surface area contributed by atoms with E-state index >= 15 is 0 Å². The van der Waals surface area contributed by atoms with Crippen molar-refractivity contribution in [1.29, 1.82) is 0 Å². The van der Waals surface area contributed by atoms with Gasteiger partial charge in [-0.15, -0.1) is 11.3 Å². The number of fused-ring (bicyclic) bond motifs is 1. The van der Waals surface area contributed by atoms with E-state index in [4.69, 9.17) is 9.47 Å². The summed E-state index contributed by atoms with van der Waals surface area (Å²) in [5.74, 6) is -0.636. The Hall–Kier alpha value is -1.83. The van der Waals surface area contributed by atoms with E-state index in [1.807, 2.05) is 13.8 Å². The molecule has 1 aliphatic heterocycles. The van der Waals surface area contributed by atoms with Crippen molar-refractivity contribution in [3.63, 3.8) is 0 Å². The summed E-state index contributed by atoms with van der Waals surface area (Å²) < 4.78 is 25.3.